The molecule has 2 aromatic rings. The van der Waals surface area contributed by atoms with E-state index in [1.165, 1.54) is 0 Å². The lowest BCUT2D eigenvalue weighted by Gasteiger charge is -2.32. The summed E-state index contributed by atoms with van der Waals surface area (Å²) >= 11 is 0. The molecular weight excluding hydrogens is 266 g/mol. The van der Waals surface area contributed by atoms with Gasteiger partial charge in [-0.3, -0.25) is 4.57 Å². The fraction of sp³-hybridized carbons (Fsp3) is 0.562. The Labute approximate surface area is 124 Å². The summed E-state index contributed by atoms with van der Waals surface area (Å²) in [6, 6.07) is 8.26. The lowest BCUT2D eigenvalue weighted by atomic mass is 10.0. The Morgan fingerprint density at radius 3 is 2.81 bits per heavy atom. The lowest BCUT2D eigenvalue weighted by molar-refractivity contribution is 0.148. The largest absolute Gasteiger partial charge is 0.385 e. The fourth-order valence-electron chi connectivity index (χ4n) is 3.27. The van der Waals surface area contributed by atoms with Crippen molar-refractivity contribution in [3.8, 4) is 0 Å². The molecule has 114 valence electrons. The molecule has 0 radical (unpaired) electrons. The third kappa shape index (κ3) is 3.04. The second kappa shape index (κ2) is 6.45. The van der Waals surface area contributed by atoms with Crippen LogP contribution in [0, 0.1) is 0 Å². The fourth-order valence-corrected chi connectivity index (χ4v) is 3.27. The number of rotatable bonds is 5. The van der Waals surface area contributed by atoms with Crippen molar-refractivity contribution < 1.29 is 4.74 Å². The summed E-state index contributed by atoms with van der Waals surface area (Å²) in [7, 11) is 1.75. The standard InChI is InChI=1S/C16H23N3O2/c1-21-12-4-9-18-10-7-13(8-11-18)19-15-6-3-2-5-14(15)17-16(19)20/h2-3,5-6,13H,4,7-12H2,1H3,(H,17,20). The quantitative estimate of drug-likeness (QED) is 0.857. The summed E-state index contributed by atoms with van der Waals surface area (Å²) < 4.78 is 7.05. The molecule has 0 unspecified atom stereocenters. The highest BCUT2D eigenvalue weighted by molar-refractivity contribution is 5.75. The highest BCUT2D eigenvalue weighted by Crippen LogP contribution is 2.24. The van der Waals surface area contributed by atoms with Crippen LogP contribution in [0.2, 0.25) is 0 Å². The zero-order chi connectivity index (χ0) is 14.7. The molecule has 1 saturated heterocycles. The third-order valence-electron chi connectivity index (χ3n) is 4.37. The minimum absolute atomic E-state index is 0.0223. The predicted octanol–water partition coefficient (Wildman–Crippen LogP) is 2.00. The molecule has 1 fully saturated rings. The molecule has 0 bridgehead atoms. The molecule has 0 amide bonds. The Morgan fingerprint density at radius 2 is 2.05 bits per heavy atom. The number of imidazole rings is 1. The van der Waals surface area contributed by atoms with E-state index in [2.05, 4.69) is 9.88 Å². The van der Waals surface area contributed by atoms with Crippen LogP contribution in [-0.2, 0) is 4.74 Å². The van der Waals surface area contributed by atoms with E-state index in [0.717, 1.165) is 56.5 Å². The molecule has 0 spiro atoms. The van der Waals surface area contributed by atoms with Crippen LogP contribution in [0.5, 0.6) is 0 Å². The van der Waals surface area contributed by atoms with Crippen molar-refractivity contribution in [2.24, 2.45) is 0 Å². The Morgan fingerprint density at radius 1 is 1.29 bits per heavy atom. The van der Waals surface area contributed by atoms with Crippen LogP contribution in [-0.4, -0.2) is 47.8 Å². The van der Waals surface area contributed by atoms with Crippen LogP contribution in [0.3, 0.4) is 0 Å². The van der Waals surface area contributed by atoms with E-state index in [4.69, 9.17) is 4.74 Å². The number of ether oxygens (including phenoxy) is 1. The number of H-pyrrole nitrogens is 1. The van der Waals surface area contributed by atoms with E-state index >= 15 is 0 Å². The van der Waals surface area contributed by atoms with Gasteiger partial charge < -0.3 is 14.6 Å². The molecule has 1 aliphatic heterocycles. The van der Waals surface area contributed by atoms with Crippen LogP contribution in [0.15, 0.2) is 29.1 Å². The molecule has 2 heterocycles. The molecular formula is C16H23N3O2. The van der Waals surface area contributed by atoms with Gasteiger partial charge in [-0.25, -0.2) is 4.79 Å². The van der Waals surface area contributed by atoms with Crippen LogP contribution in [0.4, 0.5) is 0 Å². The van der Waals surface area contributed by atoms with E-state index < -0.39 is 0 Å². The summed E-state index contributed by atoms with van der Waals surface area (Å²) in [4.78, 5) is 17.6. The summed E-state index contributed by atoms with van der Waals surface area (Å²) in [5.41, 5.74) is 1.99. The van der Waals surface area contributed by atoms with Gasteiger partial charge in [0.25, 0.3) is 0 Å². The third-order valence-corrected chi connectivity index (χ3v) is 4.37. The smallest absolute Gasteiger partial charge is 0.326 e. The second-order valence-electron chi connectivity index (χ2n) is 5.74. The van der Waals surface area contributed by atoms with Crippen LogP contribution in [0.25, 0.3) is 11.0 Å². The van der Waals surface area contributed by atoms with E-state index in [9.17, 15) is 4.79 Å². The second-order valence-corrected chi connectivity index (χ2v) is 5.74. The summed E-state index contributed by atoms with van der Waals surface area (Å²) in [6.07, 6.45) is 3.15. The number of piperidine rings is 1. The average molecular weight is 289 g/mol. The number of aromatic amines is 1. The average Bonchev–Trinajstić information content (AvgIpc) is 2.84. The van der Waals surface area contributed by atoms with Crippen molar-refractivity contribution >= 4 is 11.0 Å². The molecule has 21 heavy (non-hydrogen) atoms. The first-order valence-corrected chi connectivity index (χ1v) is 7.70. The number of likely N-dealkylation sites (tertiary alicyclic amines) is 1. The molecule has 3 rings (SSSR count). The van der Waals surface area contributed by atoms with Gasteiger partial charge in [0.15, 0.2) is 0 Å². The molecule has 5 heteroatoms. The Bertz CT molecular complexity index is 638. The van der Waals surface area contributed by atoms with Crippen molar-refractivity contribution in [2.45, 2.75) is 25.3 Å². The molecule has 1 aliphatic rings. The van der Waals surface area contributed by atoms with E-state index in [1.807, 2.05) is 28.8 Å². The van der Waals surface area contributed by atoms with Crippen molar-refractivity contribution in [3.63, 3.8) is 0 Å². The molecule has 1 N–H and O–H groups in total. The number of nitrogens with one attached hydrogen (secondary N) is 1. The minimum atomic E-state index is 0.0223. The number of hydrogen-bond acceptors (Lipinski definition) is 3. The lowest BCUT2D eigenvalue weighted by Crippen LogP contribution is -2.37. The number of methoxy groups -OCH3 is 1. The summed E-state index contributed by atoms with van der Waals surface area (Å²) in [6.45, 7) is 4.02. The van der Waals surface area contributed by atoms with Gasteiger partial charge in [-0.05, 0) is 31.4 Å². The van der Waals surface area contributed by atoms with Gasteiger partial charge in [-0.2, -0.15) is 0 Å². The number of fused-ring (bicyclic) bond motifs is 1. The SMILES string of the molecule is COCCCN1CCC(n2c(=O)[nH]c3ccccc32)CC1. The summed E-state index contributed by atoms with van der Waals surface area (Å²) in [5, 5.41) is 0. The molecule has 0 aliphatic carbocycles. The number of aromatic nitrogens is 2. The van der Waals surface area contributed by atoms with Crippen molar-refractivity contribution in [1.82, 2.24) is 14.5 Å². The number of hydrogen-bond donors (Lipinski definition) is 1. The van der Waals surface area contributed by atoms with Gasteiger partial charge in [-0.1, -0.05) is 12.1 Å². The predicted molar refractivity (Wildman–Crippen MR) is 83.8 cm³/mol. The first-order chi connectivity index (χ1) is 10.3. The first kappa shape index (κ1) is 14.4. The molecule has 0 atom stereocenters. The first-order valence-electron chi connectivity index (χ1n) is 7.70. The molecule has 1 aromatic heterocycles. The van der Waals surface area contributed by atoms with Crippen LogP contribution >= 0.6 is 0 Å². The number of para-hydroxylation sites is 2. The maximum atomic E-state index is 12.2. The highest BCUT2D eigenvalue weighted by atomic mass is 16.5. The van der Waals surface area contributed by atoms with E-state index in [1.54, 1.807) is 7.11 Å². The summed E-state index contributed by atoms with van der Waals surface area (Å²) in [5.74, 6) is 0. The van der Waals surface area contributed by atoms with Gasteiger partial charge in [0.05, 0.1) is 11.0 Å². The topological polar surface area (TPSA) is 50.3 Å². The normalized spacial score (nSPS) is 17.6. The van der Waals surface area contributed by atoms with Gasteiger partial charge in [-0.15, -0.1) is 0 Å². The Kier molecular flexibility index (Phi) is 4.41. The molecule has 1 aromatic carbocycles. The molecule has 0 saturated carbocycles. The maximum Gasteiger partial charge on any atom is 0.326 e. The van der Waals surface area contributed by atoms with Gasteiger partial charge >= 0.3 is 5.69 Å². The van der Waals surface area contributed by atoms with Crippen LogP contribution < -0.4 is 5.69 Å². The van der Waals surface area contributed by atoms with Crippen LogP contribution in [0.1, 0.15) is 25.3 Å². The molecule has 5 nitrogen and oxygen atoms in total. The number of benzene rings is 1. The van der Waals surface area contributed by atoms with Gasteiger partial charge in [0, 0.05) is 39.4 Å². The van der Waals surface area contributed by atoms with Crippen molar-refractivity contribution in [3.05, 3.63) is 34.7 Å². The van der Waals surface area contributed by atoms with E-state index in [-0.39, 0.29) is 5.69 Å². The number of nitrogens with zero attached hydrogens (tertiary/aromatic N) is 2. The van der Waals surface area contributed by atoms with Crippen molar-refractivity contribution in [2.75, 3.05) is 33.4 Å². The van der Waals surface area contributed by atoms with Crippen molar-refractivity contribution in [1.29, 1.82) is 0 Å². The Hall–Kier alpha value is -1.59. The van der Waals surface area contributed by atoms with E-state index in [0.29, 0.717) is 6.04 Å². The maximum absolute atomic E-state index is 12.2. The minimum Gasteiger partial charge on any atom is -0.385 e. The zero-order valence-corrected chi connectivity index (χ0v) is 12.5. The zero-order valence-electron chi connectivity index (χ0n) is 12.5. The highest BCUT2D eigenvalue weighted by Gasteiger charge is 2.23. The Balaban J connectivity index is 1.68. The van der Waals surface area contributed by atoms with Gasteiger partial charge in [0.1, 0.15) is 0 Å². The monoisotopic (exact) mass is 289 g/mol. The van der Waals surface area contributed by atoms with Gasteiger partial charge in [0.2, 0.25) is 0 Å².